The Bertz CT molecular complexity index is 954. The van der Waals surface area contributed by atoms with Crippen LogP contribution in [0.2, 0.25) is 0 Å². The van der Waals surface area contributed by atoms with Crippen molar-refractivity contribution in [1.82, 2.24) is 14.7 Å². The lowest BCUT2D eigenvalue weighted by Crippen LogP contribution is -2.53. The molecule has 1 unspecified atom stereocenters. The van der Waals surface area contributed by atoms with Crippen molar-refractivity contribution in [3.63, 3.8) is 0 Å². The standard InChI is InChI=1S/C26H37F3N4O3/c1-19-5-6-22(18-30-13-15-32(16-14-30)24(35)36-20(2)26(27,28)29)23(17-19)31-11-8-25(9-12-31)7-4-10-33(25)21(3)34/h5-6,17,20H,4,7-16,18H2,1-3H3. The normalized spacial score (nSPS) is 21.7. The Hall–Kier alpha value is -2.49. The van der Waals surface area contributed by atoms with Crippen molar-refractivity contribution in [1.29, 1.82) is 0 Å². The largest absolute Gasteiger partial charge is 0.437 e. The van der Waals surface area contributed by atoms with E-state index in [0.29, 0.717) is 32.7 Å². The molecule has 1 atom stereocenters. The molecule has 10 heteroatoms. The number of nitrogens with zero attached hydrogens (tertiary/aromatic N) is 4. The molecule has 3 aliphatic heterocycles. The highest BCUT2D eigenvalue weighted by Gasteiger charge is 2.44. The highest BCUT2D eigenvalue weighted by molar-refractivity contribution is 5.74. The van der Waals surface area contributed by atoms with Crippen LogP contribution >= 0.6 is 0 Å². The van der Waals surface area contributed by atoms with E-state index in [-0.39, 0.29) is 11.4 Å². The summed E-state index contributed by atoms with van der Waals surface area (Å²) in [6.45, 7) is 9.77. The molecule has 1 aromatic carbocycles. The second-order valence-corrected chi connectivity index (χ2v) is 10.4. The molecule has 200 valence electrons. The Morgan fingerprint density at radius 2 is 1.69 bits per heavy atom. The molecule has 0 aliphatic carbocycles. The first kappa shape index (κ1) is 26.6. The molecule has 0 aromatic heterocycles. The maximum absolute atomic E-state index is 12.7. The highest BCUT2D eigenvalue weighted by Crippen LogP contribution is 2.40. The minimum Gasteiger partial charge on any atom is -0.437 e. The van der Waals surface area contributed by atoms with Crippen LogP contribution in [0.25, 0.3) is 0 Å². The molecule has 0 N–H and O–H groups in total. The van der Waals surface area contributed by atoms with Gasteiger partial charge in [-0.3, -0.25) is 9.69 Å². The van der Waals surface area contributed by atoms with Gasteiger partial charge in [0.2, 0.25) is 5.91 Å². The molecule has 1 aromatic rings. The van der Waals surface area contributed by atoms with Crippen LogP contribution < -0.4 is 4.90 Å². The van der Waals surface area contributed by atoms with Gasteiger partial charge in [-0.2, -0.15) is 13.2 Å². The molecule has 1 spiro atoms. The summed E-state index contributed by atoms with van der Waals surface area (Å²) in [5, 5.41) is 0. The van der Waals surface area contributed by atoms with Gasteiger partial charge >= 0.3 is 12.3 Å². The predicted octanol–water partition coefficient (Wildman–Crippen LogP) is 4.18. The average Bonchev–Trinajstić information content (AvgIpc) is 3.24. The maximum Gasteiger partial charge on any atom is 0.425 e. The molecule has 0 radical (unpaired) electrons. The summed E-state index contributed by atoms with van der Waals surface area (Å²) in [6, 6.07) is 6.47. The van der Waals surface area contributed by atoms with E-state index in [9.17, 15) is 22.8 Å². The van der Waals surface area contributed by atoms with Crippen LogP contribution in [0.1, 0.15) is 50.7 Å². The SMILES string of the molecule is CC(=O)N1CCCC12CCN(c1cc(C)ccc1CN1CCN(C(=O)OC(C)C(F)(F)F)CC1)CC2. The lowest BCUT2D eigenvalue weighted by Gasteiger charge is -2.46. The van der Waals surface area contributed by atoms with Gasteiger partial charge in [-0.1, -0.05) is 12.1 Å². The molecule has 3 saturated heterocycles. The summed E-state index contributed by atoms with van der Waals surface area (Å²) >= 11 is 0. The number of anilines is 1. The number of aryl methyl sites for hydroxylation is 1. The zero-order valence-electron chi connectivity index (χ0n) is 21.4. The molecule has 0 saturated carbocycles. The van der Waals surface area contributed by atoms with E-state index in [4.69, 9.17) is 0 Å². The summed E-state index contributed by atoms with van der Waals surface area (Å²) in [7, 11) is 0. The van der Waals surface area contributed by atoms with Gasteiger partial charge in [-0.25, -0.2) is 4.79 Å². The second-order valence-electron chi connectivity index (χ2n) is 10.4. The zero-order chi connectivity index (χ0) is 26.1. The first-order valence-electron chi connectivity index (χ1n) is 12.9. The van der Waals surface area contributed by atoms with E-state index >= 15 is 0 Å². The van der Waals surface area contributed by atoms with Gasteiger partial charge in [0.15, 0.2) is 6.10 Å². The Labute approximate surface area is 211 Å². The average molecular weight is 511 g/mol. The highest BCUT2D eigenvalue weighted by atomic mass is 19.4. The van der Waals surface area contributed by atoms with Gasteiger partial charge in [0.25, 0.3) is 0 Å². The van der Waals surface area contributed by atoms with Crippen LogP contribution in [-0.4, -0.2) is 90.3 Å². The van der Waals surface area contributed by atoms with Gasteiger partial charge in [0, 0.05) is 70.5 Å². The third-order valence-corrected chi connectivity index (χ3v) is 8.02. The molecule has 7 nitrogen and oxygen atoms in total. The van der Waals surface area contributed by atoms with Crippen LogP contribution in [0.3, 0.4) is 0 Å². The smallest absolute Gasteiger partial charge is 0.425 e. The molecule has 3 heterocycles. The quantitative estimate of drug-likeness (QED) is 0.608. The summed E-state index contributed by atoms with van der Waals surface area (Å²) in [5.41, 5.74) is 3.60. The number of halogens is 3. The number of piperazine rings is 1. The number of carbonyl (C=O) groups is 2. The van der Waals surface area contributed by atoms with Crippen molar-refractivity contribution < 1.29 is 27.5 Å². The van der Waals surface area contributed by atoms with Crippen LogP contribution in [-0.2, 0) is 16.1 Å². The van der Waals surface area contributed by atoms with Crippen molar-refractivity contribution in [2.75, 3.05) is 50.7 Å². The Morgan fingerprint density at radius 3 is 2.31 bits per heavy atom. The first-order valence-corrected chi connectivity index (χ1v) is 12.9. The van der Waals surface area contributed by atoms with E-state index in [1.807, 2.05) is 0 Å². The van der Waals surface area contributed by atoms with E-state index < -0.39 is 18.4 Å². The number of hydrogen-bond acceptors (Lipinski definition) is 5. The van der Waals surface area contributed by atoms with Crippen LogP contribution in [0.5, 0.6) is 0 Å². The van der Waals surface area contributed by atoms with Crippen LogP contribution in [0, 0.1) is 6.92 Å². The zero-order valence-corrected chi connectivity index (χ0v) is 21.4. The van der Waals surface area contributed by atoms with E-state index in [2.05, 4.69) is 44.6 Å². The lowest BCUT2D eigenvalue weighted by molar-refractivity contribution is -0.200. The lowest BCUT2D eigenvalue weighted by atomic mass is 9.84. The predicted molar refractivity (Wildman–Crippen MR) is 131 cm³/mol. The maximum atomic E-state index is 12.7. The number of hydrogen-bond donors (Lipinski definition) is 0. The van der Waals surface area contributed by atoms with Crippen molar-refractivity contribution in [3.05, 3.63) is 29.3 Å². The summed E-state index contributed by atoms with van der Waals surface area (Å²) in [4.78, 5) is 32.4. The molecule has 4 rings (SSSR count). The fourth-order valence-corrected chi connectivity index (χ4v) is 5.84. The molecular weight excluding hydrogens is 473 g/mol. The second kappa shape index (κ2) is 10.5. The third kappa shape index (κ3) is 5.74. The Balaban J connectivity index is 1.36. The van der Waals surface area contributed by atoms with Crippen LogP contribution in [0.15, 0.2) is 18.2 Å². The van der Waals surface area contributed by atoms with Crippen molar-refractivity contribution in [2.45, 2.75) is 70.8 Å². The number of piperidine rings is 1. The molecular formula is C26H37F3N4O3. The van der Waals surface area contributed by atoms with Gasteiger partial charge in [-0.05, 0) is 56.7 Å². The molecule has 0 bridgehead atoms. The number of ether oxygens (including phenoxy) is 1. The first-order chi connectivity index (χ1) is 17.0. The minimum absolute atomic E-state index is 0.000864. The number of alkyl halides is 3. The topological polar surface area (TPSA) is 56.3 Å². The number of carbonyl (C=O) groups excluding carboxylic acids is 2. The van der Waals surface area contributed by atoms with Crippen molar-refractivity contribution in [2.24, 2.45) is 0 Å². The van der Waals surface area contributed by atoms with E-state index in [1.54, 1.807) is 6.92 Å². The Morgan fingerprint density at radius 1 is 1.03 bits per heavy atom. The summed E-state index contributed by atoms with van der Waals surface area (Å²) in [5.74, 6) is 0.174. The summed E-state index contributed by atoms with van der Waals surface area (Å²) < 4.78 is 42.7. The van der Waals surface area contributed by atoms with Crippen molar-refractivity contribution in [3.8, 4) is 0 Å². The van der Waals surface area contributed by atoms with Gasteiger partial charge in [0.05, 0.1) is 0 Å². The fraction of sp³-hybridized carbons (Fsp3) is 0.692. The number of benzene rings is 1. The van der Waals surface area contributed by atoms with Crippen molar-refractivity contribution >= 4 is 17.7 Å². The number of likely N-dealkylation sites (tertiary alicyclic amines) is 1. The number of amides is 2. The number of rotatable bonds is 4. The molecule has 2 amide bonds. The van der Waals surface area contributed by atoms with E-state index in [1.165, 1.54) is 21.7 Å². The van der Waals surface area contributed by atoms with Gasteiger partial charge in [-0.15, -0.1) is 0 Å². The fourth-order valence-electron chi connectivity index (χ4n) is 5.84. The van der Waals surface area contributed by atoms with Gasteiger partial charge in [0.1, 0.15) is 0 Å². The molecule has 36 heavy (non-hydrogen) atoms. The third-order valence-electron chi connectivity index (χ3n) is 8.02. The molecule has 3 aliphatic rings. The Kier molecular flexibility index (Phi) is 7.73. The minimum atomic E-state index is -4.56. The van der Waals surface area contributed by atoms with Gasteiger partial charge < -0.3 is 19.4 Å². The van der Waals surface area contributed by atoms with Crippen LogP contribution in [0.4, 0.5) is 23.7 Å². The molecule has 3 fully saturated rings. The monoisotopic (exact) mass is 510 g/mol. The summed E-state index contributed by atoms with van der Waals surface area (Å²) in [6.07, 6.45) is -3.50. The van der Waals surface area contributed by atoms with E-state index in [0.717, 1.165) is 52.2 Å².